The highest BCUT2D eigenvalue weighted by Crippen LogP contribution is 2.33. The van der Waals surface area contributed by atoms with E-state index < -0.39 is 17.8 Å². The molecule has 8 heteroatoms. The third kappa shape index (κ3) is 4.71. The van der Waals surface area contributed by atoms with Crippen molar-refractivity contribution in [2.24, 2.45) is 0 Å². The summed E-state index contributed by atoms with van der Waals surface area (Å²) in [6.07, 6.45) is -1.71. The number of β-amino-alcohol motifs (C(OH)–C–C–N with tert-alkyl or cyclic N) is 1. The summed E-state index contributed by atoms with van der Waals surface area (Å²) in [7, 11) is 0. The van der Waals surface area contributed by atoms with Crippen LogP contribution in [0.2, 0.25) is 0 Å². The maximum atomic E-state index is 13.0. The fourth-order valence-electron chi connectivity index (χ4n) is 3.66. The van der Waals surface area contributed by atoms with Gasteiger partial charge in [-0.2, -0.15) is 13.2 Å². The largest absolute Gasteiger partial charge is 0.485 e. The maximum absolute atomic E-state index is 13.0. The fourth-order valence-corrected chi connectivity index (χ4v) is 3.66. The van der Waals surface area contributed by atoms with Crippen LogP contribution in [0.25, 0.3) is 0 Å². The first-order valence-electron chi connectivity index (χ1n) is 9.81. The second kappa shape index (κ2) is 8.57. The van der Waals surface area contributed by atoms with Crippen LogP contribution in [0.1, 0.15) is 17.2 Å². The maximum Gasteiger partial charge on any atom is 0.416 e. The molecule has 2 aliphatic rings. The second-order valence-electron chi connectivity index (χ2n) is 7.36. The van der Waals surface area contributed by atoms with E-state index in [1.165, 1.54) is 12.1 Å². The van der Waals surface area contributed by atoms with E-state index >= 15 is 0 Å². The summed E-state index contributed by atoms with van der Waals surface area (Å²) in [6, 6.07) is 10.8. The van der Waals surface area contributed by atoms with Crippen LogP contribution < -0.4 is 14.4 Å². The summed E-state index contributed by atoms with van der Waals surface area (Å²) in [4.78, 5) is 4.05. The highest BCUT2D eigenvalue weighted by atomic mass is 19.4. The first-order valence-corrected chi connectivity index (χ1v) is 9.81. The predicted octanol–water partition coefficient (Wildman–Crippen LogP) is 3.85. The minimum absolute atomic E-state index is 0.407. The Morgan fingerprint density at radius 1 is 1.00 bits per heavy atom. The number of alkyl halides is 3. The number of piperazine rings is 1. The van der Waals surface area contributed by atoms with E-state index in [1.807, 2.05) is 11.0 Å². The SMILES string of the molecule is OC(CN1CCN(c2cccc(C(F)(F)F)c2)CC1)c1ccc2c(c1)OCC=CO2. The molecular formula is C22H23F3N2O3. The van der Waals surface area contributed by atoms with Crippen LogP contribution in [0.15, 0.2) is 54.8 Å². The summed E-state index contributed by atoms with van der Waals surface area (Å²) in [5.74, 6) is 1.19. The van der Waals surface area contributed by atoms with E-state index in [1.54, 1.807) is 30.5 Å². The Morgan fingerprint density at radius 2 is 1.80 bits per heavy atom. The summed E-state index contributed by atoms with van der Waals surface area (Å²) >= 11 is 0. The van der Waals surface area contributed by atoms with Crippen LogP contribution in [0, 0.1) is 0 Å². The molecule has 2 aliphatic heterocycles. The van der Waals surface area contributed by atoms with Gasteiger partial charge in [-0.1, -0.05) is 12.1 Å². The predicted molar refractivity (Wildman–Crippen MR) is 107 cm³/mol. The minimum Gasteiger partial charge on any atom is -0.485 e. The van der Waals surface area contributed by atoms with E-state index in [-0.39, 0.29) is 0 Å². The molecule has 1 unspecified atom stereocenters. The molecule has 2 aromatic rings. The number of hydrogen-bond acceptors (Lipinski definition) is 5. The molecule has 0 aromatic heterocycles. The third-order valence-electron chi connectivity index (χ3n) is 5.32. The zero-order valence-electron chi connectivity index (χ0n) is 16.3. The summed E-state index contributed by atoms with van der Waals surface area (Å²) < 4.78 is 49.9. The number of rotatable bonds is 4. The van der Waals surface area contributed by atoms with Crippen LogP contribution in [-0.4, -0.2) is 49.3 Å². The van der Waals surface area contributed by atoms with Gasteiger partial charge in [0.1, 0.15) is 6.61 Å². The zero-order valence-corrected chi connectivity index (χ0v) is 16.3. The highest BCUT2D eigenvalue weighted by Gasteiger charge is 2.31. The molecule has 2 aromatic carbocycles. The van der Waals surface area contributed by atoms with Crippen molar-refractivity contribution in [1.29, 1.82) is 0 Å². The fraction of sp³-hybridized carbons (Fsp3) is 0.364. The smallest absolute Gasteiger partial charge is 0.416 e. The lowest BCUT2D eigenvalue weighted by Gasteiger charge is -2.37. The van der Waals surface area contributed by atoms with Crippen molar-refractivity contribution in [3.05, 3.63) is 65.9 Å². The molecule has 0 spiro atoms. The number of fused-ring (bicyclic) bond motifs is 1. The summed E-state index contributed by atoms with van der Waals surface area (Å²) in [5.41, 5.74) is 0.670. The molecule has 2 heterocycles. The van der Waals surface area contributed by atoms with E-state index in [0.29, 0.717) is 56.5 Å². The van der Waals surface area contributed by atoms with Gasteiger partial charge in [-0.15, -0.1) is 0 Å². The number of nitrogens with zero attached hydrogens (tertiary/aromatic N) is 2. The molecule has 160 valence electrons. The highest BCUT2D eigenvalue weighted by molar-refractivity contribution is 5.50. The molecular weight excluding hydrogens is 397 g/mol. The Kier molecular flexibility index (Phi) is 5.87. The van der Waals surface area contributed by atoms with Gasteiger partial charge >= 0.3 is 6.18 Å². The number of ether oxygens (including phenoxy) is 2. The first-order chi connectivity index (χ1) is 14.4. The van der Waals surface area contributed by atoms with Gasteiger partial charge in [0.2, 0.25) is 0 Å². The molecule has 1 atom stereocenters. The molecule has 0 aliphatic carbocycles. The van der Waals surface area contributed by atoms with Crippen LogP contribution >= 0.6 is 0 Å². The Hall–Kier alpha value is -2.71. The Balaban J connectivity index is 1.34. The second-order valence-corrected chi connectivity index (χ2v) is 7.36. The van der Waals surface area contributed by atoms with Crippen molar-refractivity contribution < 1.29 is 27.8 Å². The van der Waals surface area contributed by atoms with Crippen molar-refractivity contribution in [3.63, 3.8) is 0 Å². The summed E-state index contributed by atoms with van der Waals surface area (Å²) in [5, 5.41) is 10.7. The quantitative estimate of drug-likeness (QED) is 0.814. The minimum atomic E-state index is -4.35. The van der Waals surface area contributed by atoms with Crippen LogP contribution in [-0.2, 0) is 6.18 Å². The molecule has 0 radical (unpaired) electrons. The van der Waals surface area contributed by atoms with Gasteiger partial charge < -0.3 is 19.5 Å². The standard InChI is InChI=1S/C22H23F3N2O3/c23-22(24,25)17-3-1-4-18(14-17)27-9-7-26(8-10-27)15-19(28)16-5-6-20-21(13-16)30-12-2-11-29-20/h1-6,11,13-14,19,28H,7-10,12,15H2. The van der Waals surface area contributed by atoms with Gasteiger partial charge in [0.05, 0.1) is 17.9 Å². The first kappa shape index (κ1) is 20.6. The Bertz CT molecular complexity index is 909. The molecule has 30 heavy (non-hydrogen) atoms. The van der Waals surface area contributed by atoms with Crippen LogP contribution in [0.3, 0.4) is 0 Å². The molecule has 4 rings (SSSR count). The number of halogens is 3. The normalized spacial score (nSPS) is 18.2. The number of hydrogen-bond donors (Lipinski definition) is 1. The van der Waals surface area contributed by atoms with Gasteiger partial charge in [0, 0.05) is 38.4 Å². The molecule has 0 amide bonds. The van der Waals surface area contributed by atoms with Crippen LogP contribution in [0.4, 0.5) is 18.9 Å². The Morgan fingerprint density at radius 3 is 2.57 bits per heavy atom. The third-order valence-corrected chi connectivity index (χ3v) is 5.32. The van der Waals surface area contributed by atoms with Crippen molar-refractivity contribution in [1.82, 2.24) is 4.90 Å². The van der Waals surface area contributed by atoms with Gasteiger partial charge in [-0.05, 0) is 42.0 Å². The van der Waals surface area contributed by atoms with Gasteiger partial charge in [-0.3, -0.25) is 4.90 Å². The number of benzene rings is 2. The molecule has 5 nitrogen and oxygen atoms in total. The zero-order chi connectivity index (χ0) is 21.1. The van der Waals surface area contributed by atoms with Crippen molar-refractivity contribution in [2.75, 3.05) is 44.2 Å². The number of aliphatic hydroxyl groups is 1. The lowest BCUT2D eigenvalue weighted by Crippen LogP contribution is -2.47. The van der Waals surface area contributed by atoms with Gasteiger partial charge in [0.25, 0.3) is 0 Å². The average molecular weight is 420 g/mol. The molecule has 1 N–H and O–H groups in total. The van der Waals surface area contributed by atoms with E-state index in [9.17, 15) is 18.3 Å². The number of anilines is 1. The van der Waals surface area contributed by atoms with Crippen molar-refractivity contribution in [2.45, 2.75) is 12.3 Å². The molecule has 0 saturated carbocycles. The molecule has 1 fully saturated rings. The van der Waals surface area contributed by atoms with Gasteiger partial charge in [0.15, 0.2) is 11.5 Å². The lowest BCUT2D eigenvalue weighted by atomic mass is 10.1. The van der Waals surface area contributed by atoms with Crippen molar-refractivity contribution >= 4 is 5.69 Å². The topological polar surface area (TPSA) is 45.2 Å². The van der Waals surface area contributed by atoms with Crippen molar-refractivity contribution in [3.8, 4) is 11.5 Å². The van der Waals surface area contributed by atoms with Gasteiger partial charge in [-0.25, -0.2) is 0 Å². The monoisotopic (exact) mass is 420 g/mol. The van der Waals surface area contributed by atoms with E-state index in [0.717, 1.165) is 11.6 Å². The lowest BCUT2D eigenvalue weighted by molar-refractivity contribution is -0.137. The molecule has 1 saturated heterocycles. The average Bonchev–Trinajstić information content (AvgIpc) is 2.98. The van der Waals surface area contributed by atoms with E-state index in [4.69, 9.17) is 9.47 Å². The summed E-state index contributed by atoms with van der Waals surface area (Å²) in [6.45, 7) is 3.35. The number of aliphatic hydroxyl groups excluding tert-OH is 1. The Labute approximate surface area is 172 Å². The molecule has 0 bridgehead atoms. The van der Waals surface area contributed by atoms with E-state index in [2.05, 4.69) is 4.90 Å². The van der Waals surface area contributed by atoms with Crippen LogP contribution in [0.5, 0.6) is 11.5 Å².